The Morgan fingerprint density at radius 3 is 2.52 bits per heavy atom. The van der Waals surface area contributed by atoms with Crippen molar-refractivity contribution in [3.63, 3.8) is 0 Å². The molecule has 1 aromatic heterocycles. The van der Waals surface area contributed by atoms with Gasteiger partial charge >= 0.3 is 0 Å². The molecule has 6 heteroatoms. The van der Waals surface area contributed by atoms with Crippen LogP contribution in [0.3, 0.4) is 0 Å². The second kappa shape index (κ2) is 10.2. The molecular formula is C23H31N3O2S. The fraction of sp³-hybridized carbons (Fsp3) is 0.565. The highest BCUT2D eigenvalue weighted by molar-refractivity contribution is 7.11. The van der Waals surface area contributed by atoms with Crippen LogP contribution >= 0.6 is 11.3 Å². The summed E-state index contributed by atoms with van der Waals surface area (Å²) in [7, 11) is 0. The van der Waals surface area contributed by atoms with Crippen molar-refractivity contribution in [1.29, 1.82) is 0 Å². The summed E-state index contributed by atoms with van der Waals surface area (Å²) in [6.45, 7) is 3.99. The SMILES string of the molecule is O=C(CCCc1ccccc1)N1CCC(N2CCC(Oc3nccs3)CC2)CC1. The minimum absolute atomic E-state index is 0.295. The fourth-order valence-corrected chi connectivity index (χ4v) is 5.05. The lowest BCUT2D eigenvalue weighted by molar-refractivity contribution is -0.133. The number of rotatable bonds is 7. The number of carbonyl (C=O) groups excluding carboxylic acids is 1. The van der Waals surface area contributed by atoms with Gasteiger partial charge in [0.2, 0.25) is 5.91 Å². The van der Waals surface area contributed by atoms with Gasteiger partial charge in [-0.05, 0) is 44.1 Å². The van der Waals surface area contributed by atoms with E-state index in [1.165, 1.54) is 5.56 Å². The van der Waals surface area contributed by atoms with Gasteiger partial charge in [0.1, 0.15) is 6.10 Å². The number of hydrogen-bond acceptors (Lipinski definition) is 5. The first-order chi connectivity index (χ1) is 14.3. The molecule has 0 saturated carbocycles. The Hall–Kier alpha value is -1.92. The van der Waals surface area contributed by atoms with Crippen molar-refractivity contribution >= 4 is 17.2 Å². The van der Waals surface area contributed by atoms with E-state index in [-0.39, 0.29) is 0 Å². The monoisotopic (exact) mass is 413 g/mol. The second-order valence-electron chi connectivity index (χ2n) is 8.10. The lowest BCUT2D eigenvalue weighted by Gasteiger charge is -2.41. The average molecular weight is 414 g/mol. The van der Waals surface area contributed by atoms with E-state index in [4.69, 9.17) is 4.74 Å². The summed E-state index contributed by atoms with van der Waals surface area (Å²) in [5, 5.41) is 2.75. The predicted octanol–water partition coefficient (Wildman–Crippen LogP) is 4.00. The molecule has 0 spiro atoms. The average Bonchev–Trinajstić information content (AvgIpc) is 3.28. The Labute approximate surface area is 177 Å². The van der Waals surface area contributed by atoms with E-state index in [9.17, 15) is 4.79 Å². The third-order valence-electron chi connectivity index (χ3n) is 6.19. The highest BCUT2D eigenvalue weighted by atomic mass is 32.1. The van der Waals surface area contributed by atoms with E-state index in [0.717, 1.165) is 69.9 Å². The maximum Gasteiger partial charge on any atom is 0.273 e. The molecule has 0 atom stereocenters. The van der Waals surface area contributed by atoms with E-state index in [1.807, 2.05) is 11.4 Å². The summed E-state index contributed by atoms with van der Waals surface area (Å²) in [6.07, 6.45) is 9.02. The number of benzene rings is 1. The van der Waals surface area contributed by atoms with Gasteiger partial charge in [-0.15, -0.1) is 0 Å². The molecule has 0 bridgehead atoms. The molecule has 29 heavy (non-hydrogen) atoms. The first-order valence-electron chi connectivity index (χ1n) is 10.9. The van der Waals surface area contributed by atoms with Gasteiger partial charge in [-0.1, -0.05) is 41.7 Å². The molecule has 156 valence electrons. The Bertz CT molecular complexity index is 737. The number of hydrogen-bond donors (Lipinski definition) is 0. The third-order valence-corrected chi connectivity index (χ3v) is 6.85. The van der Waals surface area contributed by atoms with Gasteiger partial charge in [-0.2, -0.15) is 0 Å². The summed E-state index contributed by atoms with van der Waals surface area (Å²) >= 11 is 1.57. The van der Waals surface area contributed by atoms with E-state index in [1.54, 1.807) is 17.5 Å². The van der Waals surface area contributed by atoms with Crippen molar-refractivity contribution in [2.24, 2.45) is 0 Å². The summed E-state index contributed by atoms with van der Waals surface area (Å²) in [5.74, 6) is 0.329. The zero-order valence-corrected chi connectivity index (χ0v) is 17.9. The number of nitrogens with zero attached hydrogens (tertiary/aromatic N) is 3. The highest BCUT2D eigenvalue weighted by Gasteiger charge is 2.30. The minimum Gasteiger partial charge on any atom is -0.467 e. The fourth-order valence-electron chi connectivity index (χ4n) is 4.50. The third kappa shape index (κ3) is 5.80. The Kier molecular flexibility index (Phi) is 7.17. The summed E-state index contributed by atoms with van der Waals surface area (Å²) in [4.78, 5) is 21.5. The Morgan fingerprint density at radius 2 is 1.83 bits per heavy atom. The van der Waals surface area contributed by atoms with Crippen LogP contribution in [0.4, 0.5) is 0 Å². The lowest BCUT2D eigenvalue weighted by Crippen LogP contribution is -2.50. The summed E-state index contributed by atoms with van der Waals surface area (Å²) in [5.41, 5.74) is 1.32. The van der Waals surface area contributed by atoms with Crippen molar-refractivity contribution < 1.29 is 9.53 Å². The van der Waals surface area contributed by atoms with Crippen LogP contribution in [0.5, 0.6) is 5.19 Å². The van der Waals surface area contributed by atoms with Crippen LogP contribution in [-0.4, -0.2) is 59.0 Å². The molecule has 0 N–H and O–H groups in total. The number of likely N-dealkylation sites (tertiary alicyclic amines) is 2. The molecule has 4 rings (SSSR count). The molecule has 2 saturated heterocycles. The first-order valence-corrected chi connectivity index (χ1v) is 11.8. The molecule has 2 fully saturated rings. The van der Waals surface area contributed by atoms with Crippen LogP contribution in [0.2, 0.25) is 0 Å². The Balaban J connectivity index is 1.13. The molecule has 5 nitrogen and oxygen atoms in total. The standard InChI is InChI=1S/C23H31N3O2S/c27-22(8-4-7-19-5-2-1-3-6-19)26-14-9-20(10-15-26)25-16-11-21(12-17-25)28-23-24-13-18-29-23/h1-3,5-6,13,18,20-21H,4,7-12,14-17H2. The summed E-state index contributed by atoms with van der Waals surface area (Å²) in [6, 6.07) is 11.1. The van der Waals surface area contributed by atoms with E-state index >= 15 is 0 Å². The van der Waals surface area contributed by atoms with Gasteiger partial charge in [0.15, 0.2) is 0 Å². The van der Waals surface area contributed by atoms with Gasteiger partial charge < -0.3 is 9.64 Å². The van der Waals surface area contributed by atoms with E-state index in [2.05, 4.69) is 39.0 Å². The van der Waals surface area contributed by atoms with Crippen LogP contribution < -0.4 is 4.74 Å². The van der Waals surface area contributed by atoms with Crippen LogP contribution in [0.1, 0.15) is 44.1 Å². The molecule has 2 aliphatic heterocycles. The number of aryl methyl sites for hydroxylation is 1. The van der Waals surface area contributed by atoms with Crippen molar-refractivity contribution in [3.05, 3.63) is 47.5 Å². The minimum atomic E-state index is 0.295. The topological polar surface area (TPSA) is 45.7 Å². The maximum absolute atomic E-state index is 12.6. The molecule has 2 aliphatic rings. The van der Waals surface area contributed by atoms with Crippen LogP contribution in [0, 0.1) is 0 Å². The molecule has 0 aliphatic carbocycles. The lowest BCUT2D eigenvalue weighted by atomic mass is 9.98. The van der Waals surface area contributed by atoms with Gasteiger partial charge in [0.25, 0.3) is 5.19 Å². The highest BCUT2D eigenvalue weighted by Crippen LogP contribution is 2.25. The number of thiazole rings is 1. The predicted molar refractivity (Wildman–Crippen MR) is 116 cm³/mol. The first kappa shape index (κ1) is 20.4. The molecular weight excluding hydrogens is 382 g/mol. The van der Waals surface area contributed by atoms with Crippen LogP contribution in [0.25, 0.3) is 0 Å². The molecule has 0 unspecified atom stereocenters. The van der Waals surface area contributed by atoms with Gasteiger partial charge in [-0.25, -0.2) is 4.98 Å². The molecule has 2 aromatic rings. The van der Waals surface area contributed by atoms with Crippen LogP contribution in [0.15, 0.2) is 41.9 Å². The smallest absolute Gasteiger partial charge is 0.273 e. The normalized spacial score (nSPS) is 19.4. The maximum atomic E-state index is 12.6. The zero-order chi connectivity index (χ0) is 19.9. The zero-order valence-electron chi connectivity index (χ0n) is 17.0. The second-order valence-corrected chi connectivity index (χ2v) is 8.96. The largest absolute Gasteiger partial charge is 0.467 e. The number of amides is 1. The molecule has 1 amide bonds. The molecule has 1 aromatic carbocycles. The van der Waals surface area contributed by atoms with Gasteiger partial charge in [0, 0.05) is 50.2 Å². The number of ether oxygens (including phenoxy) is 1. The van der Waals surface area contributed by atoms with Gasteiger partial charge in [0.05, 0.1) is 0 Å². The van der Waals surface area contributed by atoms with Crippen molar-refractivity contribution in [1.82, 2.24) is 14.8 Å². The van der Waals surface area contributed by atoms with Crippen molar-refractivity contribution in [2.75, 3.05) is 26.2 Å². The van der Waals surface area contributed by atoms with Crippen LogP contribution in [-0.2, 0) is 11.2 Å². The Morgan fingerprint density at radius 1 is 1.07 bits per heavy atom. The number of carbonyl (C=O) groups is 1. The summed E-state index contributed by atoms with van der Waals surface area (Å²) < 4.78 is 5.98. The quantitative estimate of drug-likeness (QED) is 0.688. The molecule has 0 radical (unpaired) electrons. The van der Waals surface area contributed by atoms with Crippen molar-refractivity contribution in [2.45, 2.75) is 57.1 Å². The van der Waals surface area contributed by atoms with Crippen molar-refractivity contribution in [3.8, 4) is 5.19 Å². The van der Waals surface area contributed by atoms with E-state index in [0.29, 0.717) is 24.5 Å². The van der Waals surface area contributed by atoms with E-state index < -0.39 is 0 Å². The van der Waals surface area contributed by atoms with Gasteiger partial charge in [-0.3, -0.25) is 9.69 Å². The molecule has 3 heterocycles. The number of piperidine rings is 2. The number of aromatic nitrogens is 1.